The number of nitrogens with zero attached hydrogens (tertiary/aromatic N) is 6. The fraction of sp³-hybridized carbons (Fsp3) is 0.548. The molecule has 2 atom stereocenters. The molecule has 262 valence electrons. The molecular weight excluding hydrogens is 659 g/mol. The minimum atomic E-state index is -5.14. The first kappa shape index (κ1) is 35.3. The predicted molar refractivity (Wildman–Crippen MR) is 155 cm³/mol. The number of alkyl halides is 9. The minimum Gasteiger partial charge on any atom is -0.446 e. The maximum atomic E-state index is 14.1. The van der Waals surface area contributed by atoms with Crippen LogP contribution in [-0.2, 0) is 36.4 Å². The number of carbonyl (C=O) groups is 1. The van der Waals surface area contributed by atoms with Gasteiger partial charge in [0.25, 0.3) is 5.95 Å². The van der Waals surface area contributed by atoms with Gasteiger partial charge in [-0.3, -0.25) is 4.90 Å². The molecule has 1 aromatic heterocycles. The number of amides is 1. The molecule has 0 bridgehead atoms. The first-order valence-corrected chi connectivity index (χ1v) is 15.2. The summed E-state index contributed by atoms with van der Waals surface area (Å²) in [7, 11) is 0. The van der Waals surface area contributed by atoms with Gasteiger partial charge in [0.1, 0.15) is 0 Å². The summed E-state index contributed by atoms with van der Waals surface area (Å²) >= 11 is 0. The van der Waals surface area contributed by atoms with Crippen LogP contribution in [0.25, 0.3) is 0 Å². The van der Waals surface area contributed by atoms with Crippen LogP contribution in [0, 0.1) is 5.92 Å². The van der Waals surface area contributed by atoms with Gasteiger partial charge in [0, 0.05) is 6.54 Å². The van der Waals surface area contributed by atoms with Crippen molar-refractivity contribution in [3.8, 4) is 0 Å². The molecule has 3 aromatic rings. The van der Waals surface area contributed by atoms with Gasteiger partial charge in [-0.25, -0.2) is 4.79 Å². The molecule has 1 saturated carbocycles. The number of anilines is 2. The van der Waals surface area contributed by atoms with Gasteiger partial charge in [-0.1, -0.05) is 12.0 Å². The van der Waals surface area contributed by atoms with Gasteiger partial charge >= 0.3 is 24.6 Å². The van der Waals surface area contributed by atoms with Crippen molar-refractivity contribution in [2.45, 2.75) is 103 Å². The molecule has 5 rings (SSSR count). The molecule has 1 aliphatic heterocycles. The zero-order valence-corrected chi connectivity index (χ0v) is 26.3. The molecule has 0 radical (unpaired) electrons. The highest BCUT2D eigenvalue weighted by molar-refractivity contribution is 5.91. The van der Waals surface area contributed by atoms with Crippen molar-refractivity contribution in [2.75, 3.05) is 9.80 Å². The molecular formula is C31H33F9N6O2. The highest BCUT2D eigenvalue weighted by Gasteiger charge is 2.48. The van der Waals surface area contributed by atoms with Gasteiger partial charge in [-0.15, -0.1) is 5.10 Å². The smallest absolute Gasteiger partial charge is 0.416 e. The number of tetrazole rings is 1. The summed E-state index contributed by atoms with van der Waals surface area (Å²) in [6, 6.07) is 2.66. The molecule has 17 heteroatoms. The summed E-state index contributed by atoms with van der Waals surface area (Å²) in [5.41, 5.74) is -5.81. The fourth-order valence-corrected chi connectivity index (χ4v) is 5.85. The van der Waals surface area contributed by atoms with Crippen LogP contribution in [0.2, 0.25) is 0 Å². The molecule has 0 spiro atoms. The molecule has 1 amide bonds. The molecule has 1 fully saturated rings. The first-order chi connectivity index (χ1) is 22.2. The van der Waals surface area contributed by atoms with Crippen LogP contribution in [0.1, 0.15) is 87.2 Å². The number of hydrogen-bond acceptors (Lipinski definition) is 6. The van der Waals surface area contributed by atoms with E-state index in [9.17, 15) is 44.3 Å². The van der Waals surface area contributed by atoms with E-state index < -0.39 is 71.1 Å². The van der Waals surface area contributed by atoms with Crippen LogP contribution >= 0.6 is 0 Å². The van der Waals surface area contributed by atoms with Crippen LogP contribution < -0.4 is 9.80 Å². The molecule has 48 heavy (non-hydrogen) atoms. The Hall–Kier alpha value is -4.05. The highest BCUT2D eigenvalue weighted by atomic mass is 19.4. The molecule has 1 aliphatic carbocycles. The number of fused-ring (bicyclic) bond motifs is 1. The van der Waals surface area contributed by atoms with Crippen molar-refractivity contribution in [1.29, 1.82) is 0 Å². The van der Waals surface area contributed by atoms with E-state index in [4.69, 9.17) is 4.74 Å². The molecule has 2 aromatic carbocycles. The van der Waals surface area contributed by atoms with Crippen LogP contribution in [0.4, 0.5) is 55.9 Å². The van der Waals surface area contributed by atoms with Gasteiger partial charge in [-0.2, -0.15) is 44.3 Å². The number of halogens is 9. The third-order valence-corrected chi connectivity index (χ3v) is 8.60. The summed E-state index contributed by atoms with van der Waals surface area (Å²) in [5, 5.41) is 12.4. The lowest BCUT2D eigenvalue weighted by atomic mass is 9.79. The summed E-state index contributed by atoms with van der Waals surface area (Å²) in [4.78, 5) is 17.2. The number of aromatic nitrogens is 4. The summed E-state index contributed by atoms with van der Waals surface area (Å²) in [5.74, 6) is 0.0404. The van der Waals surface area contributed by atoms with E-state index >= 15 is 0 Å². The number of rotatable bonds is 8. The number of benzene rings is 2. The number of hydrogen-bond donors (Lipinski definition) is 0. The molecule has 2 aliphatic rings. The van der Waals surface area contributed by atoms with Crippen molar-refractivity contribution in [2.24, 2.45) is 5.92 Å². The zero-order valence-electron chi connectivity index (χ0n) is 26.3. The van der Waals surface area contributed by atoms with Crippen molar-refractivity contribution in [3.05, 3.63) is 64.2 Å². The largest absolute Gasteiger partial charge is 0.446 e. The third-order valence-electron chi connectivity index (χ3n) is 8.60. The topological polar surface area (TPSA) is 76.4 Å². The summed E-state index contributed by atoms with van der Waals surface area (Å²) < 4.78 is 131. The van der Waals surface area contributed by atoms with E-state index in [1.54, 1.807) is 27.7 Å². The first-order valence-electron chi connectivity index (χ1n) is 15.2. The average Bonchev–Trinajstić information content (AvgIpc) is 3.67. The van der Waals surface area contributed by atoms with E-state index in [0.29, 0.717) is 18.7 Å². The lowest BCUT2D eigenvalue weighted by molar-refractivity contribution is -0.143. The second kappa shape index (κ2) is 12.4. The quantitative estimate of drug-likeness (QED) is 0.220. The van der Waals surface area contributed by atoms with E-state index in [2.05, 4.69) is 15.4 Å². The van der Waals surface area contributed by atoms with Crippen LogP contribution in [0.5, 0.6) is 0 Å². The Labute approximate surface area is 269 Å². The Balaban J connectivity index is 1.72. The Morgan fingerprint density at radius 3 is 2.08 bits per heavy atom. The lowest BCUT2D eigenvalue weighted by Gasteiger charge is -2.50. The fourth-order valence-electron chi connectivity index (χ4n) is 5.85. The third kappa shape index (κ3) is 7.48. The number of ether oxygens (including phenoxy) is 1. The monoisotopic (exact) mass is 692 g/mol. The van der Waals surface area contributed by atoms with Gasteiger partial charge in [-0.05, 0) is 105 Å². The van der Waals surface area contributed by atoms with E-state index in [-0.39, 0.29) is 42.0 Å². The second-order valence-corrected chi connectivity index (χ2v) is 12.7. The summed E-state index contributed by atoms with van der Waals surface area (Å²) in [6.07, 6.45) is -14.6. The van der Waals surface area contributed by atoms with Crippen molar-refractivity contribution in [3.63, 3.8) is 0 Å². The van der Waals surface area contributed by atoms with E-state index in [1.807, 2.05) is 0 Å². The van der Waals surface area contributed by atoms with Crippen molar-refractivity contribution >= 4 is 17.7 Å². The van der Waals surface area contributed by atoms with E-state index in [1.165, 1.54) is 14.6 Å². The molecule has 0 N–H and O–H groups in total. The zero-order chi connectivity index (χ0) is 35.4. The second-order valence-electron chi connectivity index (χ2n) is 12.7. The lowest BCUT2D eigenvalue weighted by Crippen LogP contribution is -2.56. The predicted octanol–water partition coefficient (Wildman–Crippen LogP) is 8.81. The van der Waals surface area contributed by atoms with Gasteiger partial charge in [0.2, 0.25) is 0 Å². The normalized spacial score (nSPS) is 20.2. The van der Waals surface area contributed by atoms with Gasteiger partial charge in [0.05, 0.1) is 46.6 Å². The molecule has 0 saturated heterocycles. The van der Waals surface area contributed by atoms with Crippen LogP contribution in [-0.4, -0.2) is 37.9 Å². The van der Waals surface area contributed by atoms with Crippen molar-refractivity contribution < 1.29 is 49.0 Å². The summed E-state index contributed by atoms with van der Waals surface area (Å²) in [6.45, 7) is 6.29. The van der Waals surface area contributed by atoms with E-state index in [0.717, 1.165) is 31.0 Å². The Kier molecular flexibility index (Phi) is 9.14. The minimum absolute atomic E-state index is 0.00408. The van der Waals surface area contributed by atoms with Crippen LogP contribution in [0.3, 0.4) is 0 Å². The Morgan fingerprint density at radius 1 is 0.958 bits per heavy atom. The standard InChI is InChI=1S/C31H33F9N6O2/c1-5-28(4)14-25(23-13-20(29(32,33)34)8-9-24(23)46(28)27(47)48-17(2)3)44(26-41-43-45(42-26)16-18-6-7-18)15-19-10-21(30(35,36)37)12-22(11-19)31(38,39)40/h8-13,17-18,25H,5-7,14-16H2,1-4H3/t25-,28?/m0/s1. The van der Waals surface area contributed by atoms with Gasteiger partial charge < -0.3 is 9.64 Å². The highest BCUT2D eigenvalue weighted by Crippen LogP contribution is 2.50. The number of carbonyl (C=O) groups excluding carboxylic acids is 1. The molecule has 8 nitrogen and oxygen atoms in total. The van der Waals surface area contributed by atoms with Gasteiger partial charge in [0.15, 0.2) is 0 Å². The van der Waals surface area contributed by atoms with Crippen molar-refractivity contribution in [1.82, 2.24) is 20.2 Å². The molecule has 2 heterocycles. The Bertz CT molecular complexity index is 1620. The van der Waals surface area contributed by atoms with Crippen LogP contribution in [0.15, 0.2) is 36.4 Å². The average molecular weight is 693 g/mol. The molecule has 1 unspecified atom stereocenters. The Morgan fingerprint density at radius 2 is 1.56 bits per heavy atom. The maximum Gasteiger partial charge on any atom is 0.416 e. The SMILES string of the molecule is CCC1(C)C[C@H](N(Cc2cc(C(F)(F)F)cc(C(F)(F)F)c2)c2nnn(CC3CC3)n2)c2cc(C(F)(F)F)ccc2N1C(=O)OC(C)C. The maximum absolute atomic E-state index is 14.1.